The van der Waals surface area contributed by atoms with Crippen LogP contribution in [-0.4, -0.2) is 50.2 Å². The van der Waals surface area contributed by atoms with Gasteiger partial charge in [-0.3, -0.25) is 9.69 Å². The summed E-state index contributed by atoms with van der Waals surface area (Å²) in [6.07, 6.45) is 2.59. The number of nitrogens with one attached hydrogen (secondary N) is 1. The Morgan fingerprint density at radius 3 is 2.22 bits per heavy atom. The summed E-state index contributed by atoms with van der Waals surface area (Å²) in [6, 6.07) is 16.0. The molecule has 2 heterocycles. The van der Waals surface area contributed by atoms with E-state index in [1.54, 1.807) is 0 Å². The molecule has 2 fully saturated rings. The maximum absolute atomic E-state index is 12.5. The van der Waals surface area contributed by atoms with Gasteiger partial charge in [-0.2, -0.15) is 0 Å². The molecule has 5 heteroatoms. The first-order valence-corrected chi connectivity index (χ1v) is 9.83. The SMILES string of the molecule is O=C(Nc1ccc(N2CCOCC2)cc1)c1ccc(CN2CCCC2)cc1. The second-order valence-electron chi connectivity index (χ2n) is 7.28. The Morgan fingerprint density at radius 2 is 1.56 bits per heavy atom. The number of rotatable bonds is 5. The van der Waals surface area contributed by atoms with E-state index in [-0.39, 0.29) is 5.91 Å². The highest BCUT2D eigenvalue weighted by Crippen LogP contribution is 2.20. The minimum atomic E-state index is -0.0677. The molecule has 2 saturated heterocycles. The molecule has 0 atom stereocenters. The number of hydrogen-bond donors (Lipinski definition) is 1. The number of anilines is 2. The van der Waals surface area contributed by atoms with E-state index in [9.17, 15) is 4.79 Å². The minimum Gasteiger partial charge on any atom is -0.378 e. The maximum atomic E-state index is 12.5. The topological polar surface area (TPSA) is 44.8 Å². The van der Waals surface area contributed by atoms with E-state index < -0.39 is 0 Å². The number of benzene rings is 2. The molecule has 0 aromatic heterocycles. The zero-order valence-corrected chi connectivity index (χ0v) is 15.7. The van der Waals surface area contributed by atoms with E-state index in [2.05, 4.69) is 39.4 Å². The summed E-state index contributed by atoms with van der Waals surface area (Å²) >= 11 is 0. The summed E-state index contributed by atoms with van der Waals surface area (Å²) in [4.78, 5) is 17.3. The third-order valence-corrected chi connectivity index (χ3v) is 5.32. The van der Waals surface area contributed by atoms with Gasteiger partial charge in [0.25, 0.3) is 5.91 Å². The largest absolute Gasteiger partial charge is 0.378 e. The molecule has 2 aromatic carbocycles. The van der Waals surface area contributed by atoms with Crippen LogP contribution in [0.4, 0.5) is 11.4 Å². The zero-order chi connectivity index (χ0) is 18.5. The van der Waals surface area contributed by atoms with Crippen LogP contribution in [-0.2, 0) is 11.3 Å². The Kier molecular flexibility index (Phi) is 5.70. The molecule has 0 bridgehead atoms. The normalized spacial score (nSPS) is 17.9. The Hall–Kier alpha value is -2.37. The Labute approximate surface area is 160 Å². The van der Waals surface area contributed by atoms with Crippen LogP contribution < -0.4 is 10.2 Å². The number of ether oxygens (including phenoxy) is 1. The lowest BCUT2D eigenvalue weighted by atomic mass is 10.1. The van der Waals surface area contributed by atoms with Gasteiger partial charge >= 0.3 is 0 Å². The van der Waals surface area contributed by atoms with Crippen molar-refractivity contribution >= 4 is 17.3 Å². The smallest absolute Gasteiger partial charge is 0.255 e. The van der Waals surface area contributed by atoms with Crippen LogP contribution in [0.5, 0.6) is 0 Å². The van der Waals surface area contributed by atoms with Crippen molar-refractivity contribution in [2.45, 2.75) is 19.4 Å². The lowest BCUT2D eigenvalue weighted by molar-refractivity contribution is 0.102. The van der Waals surface area contributed by atoms with E-state index in [0.717, 1.165) is 38.5 Å². The molecular formula is C22H27N3O2. The van der Waals surface area contributed by atoms with Gasteiger partial charge in [0.15, 0.2) is 0 Å². The fraction of sp³-hybridized carbons (Fsp3) is 0.409. The van der Waals surface area contributed by atoms with Crippen molar-refractivity contribution in [3.05, 3.63) is 59.7 Å². The van der Waals surface area contributed by atoms with Crippen molar-refractivity contribution in [1.29, 1.82) is 0 Å². The molecule has 2 aromatic rings. The van der Waals surface area contributed by atoms with Gasteiger partial charge in [0.05, 0.1) is 13.2 Å². The van der Waals surface area contributed by atoms with Gasteiger partial charge in [0.1, 0.15) is 0 Å². The number of likely N-dealkylation sites (tertiary alicyclic amines) is 1. The van der Waals surface area contributed by atoms with Crippen molar-refractivity contribution in [3.63, 3.8) is 0 Å². The van der Waals surface area contributed by atoms with Gasteiger partial charge in [0.2, 0.25) is 0 Å². The molecule has 2 aliphatic heterocycles. The highest BCUT2D eigenvalue weighted by molar-refractivity contribution is 6.04. The second-order valence-corrected chi connectivity index (χ2v) is 7.28. The number of hydrogen-bond acceptors (Lipinski definition) is 4. The third kappa shape index (κ3) is 4.67. The standard InChI is InChI=1S/C22H27N3O2/c26-22(19-5-3-18(4-6-19)17-24-11-1-2-12-24)23-20-7-9-21(10-8-20)25-13-15-27-16-14-25/h3-10H,1-2,11-17H2,(H,23,26). The molecule has 27 heavy (non-hydrogen) atoms. The van der Waals surface area contributed by atoms with Crippen LogP contribution in [0.25, 0.3) is 0 Å². The molecule has 0 unspecified atom stereocenters. The van der Waals surface area contributed by atoms with Crippen molar-refractivity contribution < 1.29 is 9.53 Å². The second kappa shape index (κ2) is 8.55. The summed E-state index contributed by atoms with van der Waals surface area (Å²) in [5.41, 5.74) is 3.95. The van der Waals surface area contributed by atoms with E-state index in [1.807, 2.05) is 24.3 Å². The highest BCUT2D eigenvalue weighted by atomic mass is 16.5. The van der Waals surface area contributed by atoms with Crippen LogP contribution in [0, 0.1) is 0 Å². The first-order valence-electron chi connectivity index (χ1n) is 9.83. The monoisotopic (exact) mass is 365 g/mol. The minimum absolute atomic E-state index is 0.0677. The third-order valence-electron chi connectivity index (χ3n) is 5.32. The molecule has 5 nitrogen and oxygen atoms in total. The van der Waals surface area contributed by atoms with Gasteiger partial charge in [-0.05, 0) is 67.9 Å². The van der Waals surface area contributed by atoms with Crippen LogP contribution in [0.1, 0.15) is 28.8 Å². The quantitative estimate of drug-likeness (QED) is 0.882. The van der Waals surface area contributed by atoms with Gasteiger partial charge in [0, 0.05) is 36.6 Å². The molecule has 0 radical (unpaired) electrons. The molecule has 0 saturated carbocycles. The van der Waals surface area contributed by atoms with Crippen LogP contribution >= 0.6 is 0 Å². The van der Waals surface area contributed by atoms with E-state index in [4.69, 9.17) is 4.74 Å². The molecule has 1 amide bonds. The van der Waals surface area contributed by atoms with Crippen molar-refractivity contribution in [2.24, 2.45) is 0 Å². The highest BCUT2D eigenvalue weighted by Gasteiger charge is 2.13. The van der Waals surface area contributed by atoms with Crippen molar-refractivity contribution in [1.82, 2.24) is 4.90 Å². The summed E-state index contributed by atoms with van der Waals surface area (Å²) < 4.78 is 5.39. The van der Waals surface area contributed by atoms with Crippen LogP contribution in [0.3, 0.4) is 0 Å². The Balaban J connectivity index is 1.34. The fourth-order valence-corrected chi connectivity index (χ4v) is 3.74. The number of nitrogens with zero attached hydrogens (tertiary/aromatic N) is 2. The molecule has 142 valence electrons. The summed E-state index contributed by atoms with van der Waals surface area (Å²) in [6.45, 7) is 6.71. The lowest BCUT2D eigenvalue weighted by Gasteiger charge is -2.28. The Morgan fingerprint density at radius 1 is 0.889 bits per heavy atom. The van der Waals surface area contributed by atoms with Gasteiger partial charge in [-0.15, -0.1) is 0 Å². The predicted molar refractivity (Wildman–Crippen MR) is 108 cm³/mol. The molecule has 1 N–H and O–H groups in total. The number of carbonyl (C=O) groups is 1. The predicted octanol–water partition coefficient (Wildman–Crippen LogP) is 3.37. The average molecular weight is 365 g/mol. The number of carbonyl (C=O) groups excluding carboxylic acids is 1. The summed E-state index contributed by atoms with van der Waals surface area (Å²) in [5, 5.41) is 2.99. The number of amides is 1. The first-order chi connectivity index (χ1) is 13.3. The van der Waals surface area contributed by atoms with Crippen LogP contribution in [0.15, 0.2) is 48.5 Å². The number of morpholine rings is 1. The molecule has 0 aliphatic carbocycles. The van der Waals surface area contributed by atoms with E-state index in [1.165, 1.54) is 37.2 Å². The molecular weight excluding hydrogens is 338 g/mol. The van der Waals surface area contributed by atoms with Gasteiger partial charge in [-0.1, -0.05) is 12.1 Å². The van der Waals surface area contributed by atoms with Crippen molar-refractivity contribution in [2.75, 3.05) is 49.6 Å². The molecule has 0 spiro atoms. The fourth-order valence-electron chi connectivity index (χ4n) is 3.74. The first kappa shape index (κ1) is 18.0. The maximum Gasteiger partial charge on any atom is 0.255 e. The summed E-state index contributed by atoms with van der Waals surface area (Å²) in [5.74, 6) is -0.0677. The van der Waals surface area contributed by atoms with Gasteiger partial charge in [-0.25, -0.2) is 0 Å². The van der Waals surface area contributed by atoms with E-state index in [0.29, 0.717) is 5.56 Å². The summed E-state index contributed by atoms with van der Waals surface area (Å²) in [7, 11) is 0. The average Bonchev–Trinajstić information content (AvgIpc) is 3.23. The van der Waals surface area contributed by atoms with Crippen molar-refractivity contribution in [3.8, 4) is 0 Å². The Bertz CT molecular complexity index is 746. The zero-order valence-electron chi connectivity index (χ0n) is 15.7. The lowest BCUT2D eigenvalue weighted by Crippen LogP contribution is -2.36. The molecule has 2 aliphatic rings. The van der Waals surface area contributed by atoms with Crippen LogP contribution in [0.2, 0.25) is 0 Å². The van der Waals surface area contributed by atoms with Gasteiger partial charge < -0.3 is 15.0 Å². The van der Waals surface area contributed by atoms with E-state index >= 15 is 0 Å². The molecule has 4 rings (SSSR count).